The predicted octanol–water partition coefficient (Wildman–Crippen LogP) is 0.932. The van der Waals surface area contributed by atoms with E-state index in [1.54, 1.807) is 0 Å². The summed E-state index contributed by atoms with van der Waals surface area (Å²) in [6, 6.07) is 7.88. The third-order valence-electron chi connectivity index (χ3n) is 2.83. The Morgan fingerprint density at radius 3 is 1.12 bits per heavy atom. The number of nitro benzene ring substituents is 2. The van der Waals surface area contributed by atoms with Crippen LogP contribution < -0.4 is 5.43 Å². The SMILES string of the molecule is N#CN[N+](=O)[O-].O=[N+]([O-])c1ccc(S(=O)(=O)O)cc1.O=[N+]([O-])c1ccc(S(=O)(=O)O)cc1. The first-order valence-electron chi connectivity index (χ1n) is 7.32. The number of nitrogens with zero attached hydrogens (tertiary/aromatic N) is 4. The van der Waals surface area contributed by atoms with Gasteiger partial charge in [0, 0.05) is 24.3 Å². The van der Waals surface area contributed by atoms with Gasteiger partial charge >= 0.3 is 0 Å². The van der Waals surface area contributed by atoms with E-state index in [1.165, 1.54) is 5.43 Å². The Bertz CT molecular complexity index is 1130. The zero-order valence-corrected chi connectivity index (χ0v) is 16.8. The largest absolute Gasteiger partial charge is 0.294 e. The van der Waals surface area contributed by atoms with Gasteiger partial charge in [0.15, 0.2) is 5.03 Å². The number of hydrogen-bond donors (Lipinski definition) is 3. The summed E-state index contributed by atoms with van der Waals surface area (Å²) in [5, 5.41) is 35.9. The average molecular weight is 493 g/mol. The van der Waals surface area contributed by atoms with E-state index in [9.17, 15) is 37.1 Å². The number of hydrogen-bond acceptors (Lipinski definition) is 11. The summed E-state index contributed by atoms with van der Waals surface area (Å²) in [5.74, 6) is 0. The van der Waals surface area contributed by atoms with Crippen molar-refractivity contribution in [1.29, 1.82) is 5.26 Å². The summed E-state index contributed by atoms with van der Waals surface area (Å²) >= 11 is 0. The van der Waals surface area contributed by atoms with Gasteiger partial charge in [-0.25, -0.2) is 10.1 Å². The minimum atomic E-state index is -4.27. The molecule has 3 N–H and O–H groups in total. The molecule has 0 amide bonds. The molecule has 0 radical (unpaired) electrons. The fourth-order valence-corrected chi connectivity index (χ4v) is 2.48. The summed E-state index contributed by atoms with van der Waals surface area (Å²) in [7, 11) is -8.54. The van der Waals surface area contributed by atoms with Gasteiger partial charge in [-0.05, 0) is 29.7 Å². The number of nitriles is 1. The first kappa shape index (κ1) is 27.8. The van der Waals surface area contributed by atoms with E-state index in [2.05, 4.69) is 0 Å². The molecule has 2 rings (SSSR count). The fourth-order valence-electron chi connectivity index (χ4n) is 1.52. The van der Waals surface area contributed by atoms with Gasteiger partial charge < -0.3 is 0 Å². The van der Waals surface area contributed by atoms with Crippen molar-refractivity contribution in [1.82, 2.24) is 5.43 Å². The topological polar surface area (TPSA) is 274 Å². The Labute approximate surface area is 178 Å². The van der Waals surface area contributed by atoms with Crippen molar-refractivity contribution in [2.45, 2.75) is 9.79 Å². The fraction of sp³-hybridized carbons (Fsp3) is 0. The van der Waals surface area contributed by atoms with Gasteiger partial charge in [-0.3, -0.25) is 29.3 Å². The molecule has 0 spiro atoms. The number of nitro groups is 3. The summed E-state index contributed by atoms with van der Waals surface area (Å²) < 4.78 is 59.0. The molecule has 0 saturated carbocycles. The van der Waals surface area contributed by atoms with E-state index >= 15 is 0 Å². The lowest BCUT2D eigenvalue weighted by Gasteiger charge is -1.94. The van der Waals surface area contributed by atoms with E-state index in [4.69, 9.17) is 24.5 Å². The van der Waals surface area contributed by atoms with Gasteiger partial charge in [0.05, 0.1) is 19.6 Å². The first-order valence-corrected chi connectivity index (χ1v) is 10.2. The molecule has 172 valence electrons. The van der Waals surface area contributed by atoms with Crippen LogP contribution in [0, 0.1) is 41.8 Å². The lowest BCUT2D eigenvalue weighted by Crippen LogP contribution is -2.13. The molecule has 0 bridgehead atoms. The van der Waals surface area contributed by atoms with Crippen LogP contribution in [0.25, 0.3) is 0 Å². The molecule has 32 heavy (non-hydrogen) atoms. The maximum Gasteiger partial charge on any atom is 0.294 e. The van der Waals surface area contributed by atoms with Crippen molar-refractivity contribution in [3.63, 3.8) is 0 Å². The minimum absolute atomic E-state index is 0.229. The molecule has 0 aromatic heterocycles. The van der Waals surface area contributed by atoms with Crippen molar-refractivity contribution in [3.8, 4) is 6.19 Å². The molecule has 0 saturated heterocycles. The van der Waals surface area contributed by atoms with E-state index in [-0.39, 0.29) is 21.2 Å². The van der Waals surface area contributed by atoms with E-state index in [0.717, 1.165) is 54.7 Å². The van der Waals surface area contributed by atoms with Crippen LogP contribution >= 0.6 is 0 Å². The van der Waals surface area contributed by atoms with Gasteiger partial charge in [-0.15, -0.1) is 0 Å². The molecule has 2 aromatic carbocycles. The third-order valence-corrected chi connectivity index (χ3v) is 4.57. The van der Waals surface area contributed by atoms with Gasteiger partial charge in [-0.2, -0.15) is 22.1 Å². The highest BCUT2D eigenvalue weighted by atomic mass is 32.2. The minimum Gasteiger partial charge on any atom is -0.282 e. The lowest BCUT2D eigenvalue weighted by molar-refractivity contribution is -0.529. The number of rotatable bonds is 5. The zero-order chi connectivity index (χ0) is 25.1. The second kappa shape index (κ2) is 11.8. The highest BCUT2D eigenvalue weighted by Crippen LogP contribution is 2.15. The molecular formula is C13H11N5O12S2. The summed E-state index contributed by atoms with van der Waals surface area (Å²) in [6.45, 7) is 0. The molecule has 0 aliphatic heterocycles. The summed E-state index contributed by atoms with van der Waals surface area (Å²) in [6.07, 6.45) is 1.12. The first-order chi connectivity index (χ1) is 14.6. The summed E-state index contributed by atoms with van der Waals surface area (Å²) in [4.78, 5) is 27.3. The van der Waals surface area contributed by atoms with Crippen molar-refractivity contribution < 1.29 is 40.8 Å². The number of hydrazine groups is 1. The number of nitrogens with one attached hydrogen (secondary N) is 1. The maximum atomic E-state index is 10.5. The van der Waals surface area contributed by atoms with Crippen LogP contribution in [-0.4, -0.2) is 40.8 Å². The molecule has 19 heteroatoms. The van der Waals surface area contributed by atoms with Crippen molar-refractivity contribution in [2.24, 2.45) is 0 Å². The van der Waals surface area contributed by atoms with Crippen molar-refractivity contribution in [2.75, 3.05) is 0 Å². The Balaban J connectivity index is 0.000000484. The molecule has 0 unspecified atom stereocenters. The van der Waals surface area contributed by atoms with Crippen LogP contribution in [0.3, 0.4) is 0 Å². The second-order valence-electron chi connectivity index (χ2n) is 4.93. The van der Waals surface area contributed by atoms with Crippen LogP contribution in [0.4, 0.5) is 11.4 Å². The van der Waals surface area contributed by atoms with E-state index in [1.807, 2.05) is 0 Å². The van der Waals surface area contributed by atoms with E-state index < -0.39 is 35.1 Å². The molecule has 0 fully saturated rings. The molecule has 0 aliphatic rings. The third kappa shape index (κ3) is 10.5. The van der Waals surface area contributed by atoms with Crippen LogP contribution in [0.2, 0.25) is 0 Å². The predicted molar refractivity (Wildman–Crippen MR) is 102 cm³/mol. The van der Waals surface area contributed by atoms with E-state index in [0.29, 0.717) is 0 Å². The van der Waals surface area contributed by atoms with Crippen LogP contribution in [0.1, 0.15) is 0 Å². The smallest absolute Gasteiger partial charge is 0.282 e. The zero-order valence-electron chi connectivity index (χ0n) is 15.2. The standard InChI is InChI=1S/2C6H5NO5S.CHN3O2/c2*8-7(9)5-1-3-6(4-2-5)13(10,11)12;2-1-3-4(5)6/h2*1-4H,(H,10,11,12);3H. The maximum absolute atomic E-state index is 10.5. The van der Waals surface area contributed by atoms with Crippen LogP contribution in [-0.2, 0) is 20.2 Å². The highest BCUT2D eigenvalue weighted by molar-refractivity contribution is 7.86. The molecular weight excluding hydrogens is 482 g/mol. The number of benzene rings is 2. The van der Waals surface area contributed by atoms with Gasteiger partial charge in [-0.1, -0.05) is 0 Å². The van der Waals surface area contributed by atoms with Gasteiger partial charge in [0.25, 0.3) is 31.6 Å². The number of non-ortho nitro benzene ring substituents is 2. The molecule has 17 nitrogen and oxygen atoms in total. The van der Waals surface area contributed by atoms with Gasteiger partial charge in [0.2, 0.25) is 6.19 Å². The average Bonchev–Trinajstić information content (AvgIpc) is 2.67. The second-order valence-corrected chi connectivity index (χ2v) is 7.78. The lowest BCUT2D eigenvalue weighted by atomic mass is 10.3. The van der Waals surface area contributed by atoms with Crippen molar-refractivity contribution in [3.05, 3.63) is 78.9 Å². The Hall–Kier alpha value is -4.25. The van der Waals surface area contributed by atoms with Crippen LogP contribution in [0.15, 0.2) is 58.3 Å². The highest BCUT2D eigenvalue weighted by Gasteiger charge is 2.12. The molecule has 0 atom stereocenters. The molecule has 2 aromatic rings. The quantitative estimate of drug-likeness (QED) is 0.172. The Morgan fingerprint density at radius 1 is 0.719 bits per heavy atom. The molecule has 0 aliphatic carbocycles. The Morgan fingerprint density at radius 2 is 1.00 bits per heavy atom. The summed E-state index contributed by atoms with van der Waals surface area (Å²) in [5.41, 5.74) is 0.778. The molecule has 0 heterocycles. The monoisotopic (exact) mass is 493 g/mol. The van der Waals surface area contributed by atoms with Crippen molar-refractivity contribution >= 4 is 31.6 Å². The van der Waals surface area contributed by atoms with Crippen LogP contribution in [0.5, 0.6) is 0 Å². The normalized spacial score (nSPS) is 10.2. The van der Waals surface area contributed by atoms with Gasteiger partial charge in [0.1, 0.15) is 0 Å². The Kier molecular flexibility index (Phi) is 10.2.